The van der Waals surface area contributed by atoms with Crippen LogP contribution in [0.3, 0.4) is 0 Å². The Kier molecular flexibility index (Phi) is 3.41. The zero-order chi connectivity index (χ0) is 13.1. The molecule has 4 nitrogen and oxygen atoms in total. The molecule has 5 heteroatoms. The number of rotatable bonds is 3. The Morgan fingerprint density at radius 3 is 2.72 bits per heavy atom. The lowest BCUT2D eigenvalue weighted by molar-refractivity contribution is -0.115. The second-order valence-electron chi connectivity index (χ2n) is 4.13. The van der Waals surface area contributed by atoms with Gasteiger partial charge in [-0.25, -0.2) is 4.39 Å². The summed E-state index contributed by atoms with van der Waals surface area (Å²) in [6.07, 6.45) is 0.0106. The molecule has 94 valence electrons. The van der Waals surface area contributed by atoms with Gasteiger partial charge in [-0.2, -0.15) is 5.10 Å². The van der Waals surface area contributed by atoms with Gasteiger partial charge in [0.2, 0.25) is 5.91 Å². The smallest absolute Gasteiger partial charge is 0.229 e. The highest BCUT2D eigenvalue weighted by Crippen LogP contribution is 2.16. The largest absolute Gasteiger partial charge is 0.323 e. The molecule has 0 saturated heterocycles. The molecule has 0 atom stereocenters. The number of aromatic amines is 1. The van der Waals surface area contributed by atoms with Crippen LogP contribution in [0.5, 0.6) is 0 Å². The molecule has 0 unspecified atom stereocenters. The van der Waals surface area contributed by atoms with Crippen molar-refractivity contribution in [3.8, 4) is 0 Å². The lowest BCUT2D eigenvalue weighted by atomic mass is 10.1. The minimum Gasteiger partial charge on any atom is -0.323 e. The number of hydrogen-bond donors (Lipinski definition) is 2. The van der Waals surface area contributed by atoms with Gasteiger partial charge in [0.1, 0.15) is 5.82 Å². The van der Waals surface area contributed by atoms with E-state index in [0.29, 0.717) is 11.3 Å². The Balaban J connectivity index is 2.08. The van der Waals surface area contributed by atoms with E-state index in [4.69, 9.17) is 0 Å². The van der Waals surface area contributed by atoms with Crippen molar-refractivity contribution in [2.45, 2.75) is 20.3 Å². The Morgan fingerprint density at radius 1 is 1.39 bits per heavy atom. The zero-order valence-electron chi connectivity index (χ0n) is 10.2. The summed E-state index contributed by atoms with van der Waals surface area (Å²) in [5, 5.41) is 9.49. The quantitative estimate of drug-likeness (QED) is 0.874. The molecule has 0 spiro atoms. The third kappa shape index (κ3) is 2.56. The molecule has 0 radical (unpaired) electrons. The Morgan fingerprint density at radius 2 is 2.11 bits per heavy atom. The van der Waals surface area contributed by atoms with Crippen molar-refractivity contribution in [2.75, 3.05) is 5.32 Å². The molecular weight excluding hydrogens is 233 g/mol. The molecule has 0 aliphatic rings. The number of amides is 1. The molecule has 2 aromatic rings. The number of carbonyl (C=O) groups is 1. The van der Waals surface area contributed by atoms with E-state index < -0.39 is 0 Å². The molecule has 1 aromatic carbocycles. The second-order valence-corrected chi connectivity index (χ2v) is 4.13. The SMILES string of the molecule is Cc1n[nH]c(C)c1NC(=O)Cc1ccccc1F. The topological polar surface area (TPSA) is 57.8 Å². The van der Waals surface area contributed by atoms with Crippen LogP contribution in [0.4, 0.5) is 10.1 Å². The predicted octanol–water partition coefficient (Wildman–Crippen LogP) is 2.35. The Labute approximate surface area is 104 Å². The number of hydrogen-bond acceptors (Lipinski definition) is 2. The molecule has 2 N–H and O–H groups in total. The minimum absolute atomic E-state index is 0.0106. The van der Waals surface area contributed by atoms with E-state index in [0.717, 1.165) is 11.4 Å². The normalized spacial score (nSPS) is 10.4. The van der Waals surface area contributed by atoms with Crippen LogP contribution in [0.15, 0.2) is 24.3 Å². The molecule has 2 rings (SSSR count). The average Bonchev–Trinajstić information content (AvgIpc) is 2.64. The summed E-state index contributed by atoms with van der Waals surface area (Å²) in [6, 6.07) is 6.25. The first-order valence-electron chi connectivity index (χ1n) is 5.62. The molecule has 0 saturated carbocycles. The number of H-pyrrole nitrogens is 1. The summed E-state index contributed by atoms with van der Waals surface area (Å²) in [5.41, 5.74) is 2.55. The Bertz CT molecular complexity index is 558. The van der Waals surface area contributed by atoms with Crippen molar-refractivity contribution >= 4 is 11.6 Å². The maximum atomic E-state index is 13.4. The summed E-state index contributed by atoms with van der Waals surface area (Å²) >= 11 is 0. The van der Waals surface area contributed by atoms with Crippen molar-refractivity contribution < 1.29 is 9.18 Å². The van der Waals surface area contributed by atoms with Gasteiger partial charge in [-0.05, 0) is 25.5 Å². The van der Waals surface area contributed by atoms with E-state index in [1.807, 2.05) is 6.92 Å². The maximum absolute atomic E-state index is 13.4. The van der Waals surface area contributed by atoms with Crippen LogP contribution in [0.25, 0.3) is 0 Å². The molecule has 18 heavy (non-hydrogen) atoms. The maximum Gasteiger partial charge on any atom is 0.229 e. The number of halogens is 1. The molecule has 1 amide bonds. The van der Waals surface area contributed by atoms with Crippen LogP contribution in [0.1, 0.15) is 17.0 Å². The van der Waals surface area contributed by atoms with Gasteiger partial charge in [-0.15, -0.1) is 0 Å². The van der Waals surface area contributed by atoms with Crippen molar-refractivity contribution in [2.24, 2.45) is 0 Å². The number of aryl methyl sites for hydroxylation is 2. The van der Waals surface area contributed by atoms with E-state index in [1.165, 1.54) is 6.07 Å². The monoisotopic (exact) mass is 247 g/mol. The van der Waals surface area contributed by atoms with E-state index in [9.17, 15) is 9.18 Å². The first-order chi connectivity index (χ1) is 8.58. The van der Waals surface area contributed by atoms with Gasteiger partial charge in [0, 0.05) is 0 Å². The van der Waals surface area contributed by atoms with Gasteiger partial charge in [0.05, 0.1) is 23.5 Å². The third-order valence-electron chi connectivity index (χ3n) is 2.70. The first kappa shape index (κ1) is 12.3. The van der Waals surface area contributed by atoms with E-state index in [-0.39, 0.29) is 18.1 Å². The lowest BCUT2D eigenvalue weighted by Gasteiger charge is -2.06. The van der Waals surface area contributed by atoms with E-state index in [1.54, 1.807) is 25.1 Å². The predicted molar refractivity (Wildman–Crippen MR) is 66.8 cm³/mol. The van der Waals surface area contributed by atoms with Crippen LogP contribution in [0, 0.1) is 19.7 Å². The fourth-order valence-corrected chi connectivity index (χ4v) is 1.73. The van der Waals surface area contributed by atoms with Gasteiger partial charge in [0.25, 0.3) is 0 Å². The van der Waals surface area contributed by atoms with Gasteiger partial charge < -0.3 is 5.32 Å². The number of benzene rings is 1. The number of aromatic nitrogens is 2. The van der Waals surface area contributed by atoms with Gasteiger partial charge >= 0.3 is 0 Å². The molecule has 0 aliphatic carbocycles. The summed E-state index contributed by atoms with van der Waals surface area (Å²) in [7, 11) is 0. The summed E-state index contributed by atoms with van der Waals surface area (Å²) < 4.78 is 13.4. The standard InChI is InChI=1S/C13H14FN3O/c1-8-13(9(2)17-16-8)15-12(18)7-10-5-3-4-6-11(10)14/h3-6H,7H2,1-2H3,(H,15,18)(H,16,17). The molecular formula is C13H14FN3O. The van der Waals surface area contributed by atoms with Crippen LogP contribution in [0.2, 0.25) is 0 Å². The average molecular weight is 247 g/mol. The zero-order valence-corrected chi connectivity index (χ0v) is 10.2. The highest BCUT2D eigenvalue weighted by Gasteiger charge is 2.12. The lowest BCUT2D eigenvalue weighted by Crippen LogP contribution is -2.16. The van der Waals surface area contributed by atoms with E-state index >= 15 is 0 Å². The van der Waals surface area contributed by atoms with Crippen LogP contribution >= 0.6 is 0 Å². The Hall–Kier alpha value is -2.17. The summed E-state index contributed by atoms with van der Waals surface area (Å²) in [5.74, 6) is -0.624. The third-order valence-corrected chi connectivity index (χ3v) is 2.70. The van der Waals surface area contributed by atoms with Crippen molar-refractivity contribution in [1.82, 2.24) is 10.2 Å². The van der Waals surface area contributed by atoms with Gasteiger partial charge in [-0.3, -0.25) is 9.89 Å². The van der Waals surface area contributed by atoms with Crippen molar-refractivity contribution in [3.05, 3.63) is 47.0 Å². The highest BCUT2D eigenvalue weighted by molar-refractivity contribution is 5.93. The second kappa shape index (κ2) is 5.00. The molecule has 0 aliphatic heterocycles. The van der Waals surface area contributed by atoms with E-state index in [2.05, 4.69) is 15.5 Å². The van der Waals surface area contributed by atoms with Crippen molar-refractivity contribution in [1.29, 1.82) is 0 Å². The minimum atomic E-state index is -0.367. The fourth-order valence-electron chi connectivity index (χ4n) is 1.73. The highest BCUT2D eigenvalue weighted by atomic mass is 19.1. The molecule has 1 heterocycles. The number of nitrogens with zero attached hydrogens (tertiary/aromatic N) is 1. The summed E-state index contributed by atoms with van der Waals surface area (Å²) in [4.78, 5) is 11.8. The van der Waals surface area contributed by atoms with Gasteiger partial charge in [-0.1, -0.05) is 18.2 Å². The van der Waals surface area contributed by atoms with Gasteiger partial charge in [0.15, 0.2) is 0 Å². The van der Waals surface area contributed by atoms with Crippen LogP contribution in [-0.2, 0) is 11.2 Å². The molecule has 0 bridgehead atoms. The molecule has 1 aromatic heterocycles. The first-order valence-corrected chi connectivity index (χ1v) is 5.62. The van der Waals surface area contributed by atoms with Crippen LogP contribution in [-0.4, -0.2) is 16.1 Å². The number of anilines is 1. The number of carbonyl (C=O) groups excluding carboxylic acids is 1. The number of nitrogens with one attached hydrogen (secondary N) is 2. The fraction of sp³-hybridized carbons (Fsp3) is 0.231. The van der Waals surface area contributed by atoms with Crippen LogP contribution < -0.4 is 5.32 Å². The summed E-state index contributed by atoms with van der Waals surface area (Å²) in [6.45, 7) is 3.61. The molecule has 0 fully saturated rings. The van der Waals surface area contributed by atoms with Crippen molar-refractivity contribution in [3.63, 3.8) is 0 Å².